The smallest absolute Gasteiger partial charge is 0.124 e. The molecule has 0 unspecified atom stereocenters. The van der Waals surface area contributed by atoms with Crippen LogP contribution in [0.15, 0.2) is 18.2 Å². The van der Waals surface area contributed by atoms with Crippen molar-refractivity contribution in [1.82, 2.24) is 0 Å². The van der Waals surface area contributed by atoms with Gasteiger partial charge in [0.2, 0.25) is 0 Å². The maximum absolute atomic E-state index is 12.8. The van der Waals surface area contributed by atoms with Crippen LogP contribution in [0.3, 0.4) is 0 Å². The Morgan fingerprint density at radius 1 is 1.33 bits per heavy atom. The Bertz CT molecular complexity index is 325. The molecule has 3 heteroatoms. The van der Waals surface area contributed by atoms with Gasteiger partial charge in [0.15, 0.2) is 0 Å². The Labute approximate surface area is 95.4 Å². The molecule has 0 aliphatic heterocycles. The first-order valence-corrected chi connectivity index (χ1v) is 5.59. The number of benzene rings is 1. The molecule has 1 aromatic carbocycles. The summed E-state index contributed by atoms with van der Waals surface area (Å²) >= 11 is 5.92. The minimum absolute atomic E-state index is 0.0968. The molecule has 0 amide bonds. The van der Waals surface area contributed by atoms with E-state index in [2.05, 4.69) is 13.8 Å². The number of nitrogens with two attached hydrogens (primary N) is 1. The van der Waals surface area contributed by atoms with E-state index < -0.39 is 0 Å². The first-order chi connectivity index (χ1) is 7.00. The van der Waals surface area contributed by atoms with Gasteiger partial charge in [0.25, 0.3) is 0 Å². The molecule has 1 aromatic rings. The van der Waals surface area contributed by atoms with Crippen LogP contribution in [-0.2, 0) is 0 Å². The summed E-state index contributed by atoms with van der Waals surface area (Å²) in [7, 11) is 0. The van der Waals surface area contributed by atoms with Crippen molar-refractivity contribution in [2.75, 3.05) is 0 Å². The molecule has 1 nitrogen and oxygen atoms in total. The summed E-state index contributed by atoms with van der Waals surface area (Å²) in [4.78, 5) is 0. The van der Waals surface area contributed by atoms with Gasteiger partial charge in [-0.25, -0.2) is 4.39 Å². The fraction of sp³-hybridized carbons (Fsp3) is 0.500. The number of rotatable bonds is 4. The molecule has 1 rings (SSSR count). The highest BCUT2D eigenvalue weighted by Crippen LogP contribution is 2.26. The highest BCUT2D eigenvalue weighted by atomic mass is 35.5. The van der Waals surface area contributed by atoms with Gasteiger partial charge >= 0.3 is 0 Å². The second-order valence-electron chi connectivity index (χ2n) is 4.24. The molecule has 0 bridgehead atoms. The zero-order chi connectivity index (χ0) is 11.4. The molecule has 0 heterocycles. The molecular formula is C12H17ClFN. The fourth-order valence-electron chi connectivity index (χ4n) is 1.47. The summed E-state index contributed by atoms with van der Waals surface area (Å²) in [5.41, 5.74) is 6.82. The number of halogens is 2. The van der Waals surface area contributed by atoms with Gasteiger partial charge in [-0.05, 0) is 36.5 Å². The second-order valence-corrected chi connectivity index (χ2v) is 4.65. The van der Waals surface area contributed by atoms with Crippen LogP contribution in [0.2, 0.25) is 5.02 Å². The van der Waals surface area contributed by atoms with E-state index in [0.29, 0.717) is 10.9 Å². The lowest BCUT2D eigenvalue weighted by atomic mass is 9.98. The summed E-state index contributed by atoms with van der Waals surface area (Å²) in [6, 6.07) is 4.28. The summed E-state index contributed by atoms with van der Waals surface area (Å²) < 4.78 is 12.8. The highest BCUT2D eigenvalue weighted by molar-refractivity contribution is 6.31. The molecule has 2 N–H and O–H groups in total. The van der Waals surface area contributed by atoms with E-state index in [1.807, 2.05) is 0 Å². The predicted molar refractivity (Wildman–Crippen MR) is 62.4 cm³/mol. The van der Waals surface area contributed by atoms with Crippen LogP contribution in [0.1, 0.15) is 38.3 Å². The predicted octanol–water partition coefficient (Wildman–Crippen LogP) is 3.92. The summed E-state index contributed by atoms with van der Waals surface area (Å²) in [5.74, 6) is 0.301. The van der Waals surface area contributed by atoms with Gasteiger partial charge in [0.05, 0.1) is 0 Å². The molecule has 0 aliphatic carbocycles. The third-order valence-corrected chi connectivity index (χ3v) is 2.74. The quantitative estimate of drug-likeness (QED) is 0.832. The molecule has 0 saturated carbocycles. The highest BCUT2D eigenvalue weighted by Gasteiger charge is 2.11. The van der Waals surface area contributed by atoms with E-state index in [4.69, 9.17) is 17.3 Å². The van der Waals surface area contributed by atoms with Crippen LogP contribution >= 0.6 is 11.6 Å². The zero-order valence-corrected chi connectivity index (χ0v) is 9.89. The number of hydrogen-bond donors (Lipinski definition) is 1. The zero-order valence-electron chi connectivity index (χ0n) is 9.13. The van der Waals surface area contributed by atoms with Gasteiger partial charge in [-0.2, -0.15) is 0 Å². The van der Waals surface area contributed by atoms with E-state index in [-0.39, 0.29) is 11.9 Å². The molecule has 0 aliphatic rings. The Morgan fingerprint density at radius 3 is 2.53 bits per heavy atom. The van der Waals surface area contributed by atoms with Gasteiger partial charge in [-0.15, -0.1) is 0 Å². The molecule has 1 atom stereocenters. The lowest BCUT2D eigenvalue weighted by Gasteiger charge is -2.14. The van der Waals surface area contributed by atoms with Crippen molar-refractivity contribution in [1.29, 1.82) is 0 Å². The van der Waals surface area contributed by atoms with Crippen LogP contribution in [0, 0.1) is 11.7 Å². The molecular weight excluding hydrogens is 213 g/mol. The Kier molecular flexibility index (Phi) is 4.55. The van der Waals surface area contributed by atoms with Crippen molar-refractivity contribution in [3.8, 4) is 0 Å². The van der Waals surface area contributed by atoms with E-state index in [1.54, 1.807) is 6.07 Å². The van der Waals surface area contributed by atoms with Gasteiger partial charge in [0, 0.05) is 11.1 Å². The van der Waals surface area contributed by atoms with Gasteiger partial charge in [0.1, 0.15) is 5.82 Å². The van der Waals surface area contributed by atoms with E-state index >= 15 is 0 Å². The molecule has 0 saturated heterocycles. The van der Waals surface area contributed by atoms with Gasteiger partial charge < -0.3 is 5.73 Å². The first kappa shape index (κ1) is 12.5. The van der Waals surface area contributed by atoms with Crippen LogP contribution in [-0.4, -0.2) is 0 Å². The molecule has 0 aromatic heterocycles. The third kappa shape index (κ3) is 3.80. The average Bonchev–Trinajstić information content (AvgIpc) is 2.14. The van der Waals surface area contributed by atoms with Crippen LogP contribution in [0.25, 0.3) is 0 Å². The van der Waals surface area contributed by atoms with Crippen molar-refractivity contribution in [3.05, 3.63) is 34.6 Å². The van der Waals surface area contributed by atoms with Crippen molar-refractivity contribution >= 4 is 11.6 Å². The van der Waals surface area contributed by atoms with Crippen molar-refractivity contribution in [3.63, 3.8) is 0 Å². The van der Waals surface area contributed by atoms with Gasteiger partial charge in [-0.3, -0.25) is 0 Å². The maximum Gasteiger partial charge on any atom is 0.124 e. The van der Waals surface area contributed by atoms with Crippen LogP contribution in [0.4, 0.5) is 4.39 Å². The summed E-state index contributed by atoms with van der Waals surface area (Å²) in [6.45, 7) is 4.30. The van der Waals surface area contributed by atoms with Crippen molar-refractivity contribution in [2.45, 2.75) is 32.7 Å². The average molecular weight is 230 g/mol. The molecule has 84 valence electrons. The standard InChI is InChI=1S/C12H17ClFN/c1-8(2)3-6-12(15)10-5-4-9(14)7-11(10)13/h4-5,7-8,12H,3,6,15H2,1-2H3/t12-/m0/s1. The fourth-order valence-corrected chi connectivity index (χ4v) is 1.78. The summed E-state index contributed by atoms with van der Waals surface area (Å²) in [6.07, 6.45) is 1.93. The molecule has 0 fully saturated rings. The lowest BCUT2D eigenvalue weighted by molar-refractivity contribution is 0.506. The van der Waals surface area contributed by atoms with Crippen LogP contribution < -0.4 is 5.73 Å². The molecule has 0 spiro atoms. The molecule has 0 radical (unpaired) electrons. The maximum atomic E-state index is 12.8. The lowest BCUT2D eigenvalue weighted by Crippen LogP contribution is -2.11. The van der Waals surface area contributed by atoms with Crippen molar-refractivity contribution in [2.24, 2.45) is 11.7 Å². The number of hydrogen-bond acceptors (Lipinski definition) is 1. The topological polar surface area (TPSA) is 26.0 Å². The van der Waals surface area contributed by atoms with E-state index in [9.17, 15) is 4.39 Å². The van der Waals surface area contributed by atoms with E-state index in [1.165, 1.54) is 12.1 Å². The molecule has 15 heavy (non-hydrogen) atoms. The largest absolute Gasteiger partial charge is 0.324 e. The van der Waals surface area contributed by atoms with Crippen LogP contribution in [0.5, 0.6) is 0 Å². The third-order valence-electron chi connectivity index (χ3n) is 2.42. The summed E-state index contributed by atoms with van der Waals surface area (Å²) in [5, 5.41) is 0.422. The monoisotopic (exact) mass is 229 g/mol. The second kappa shape index (κ2) is 5.47. The Balaban J connectivity index is 2.69. The Morgan fingerprint density at radius 2 is 2.00 bits per heavy atom. The minimum Gasteiger partial charge on any atom is -0.324 e. The van der Waals surface area contributed by atoms with Crippen molar-refractivity contribution < 1.29 is 4.39 Å². The first-order valence-electron chi connectivity index (χ1n) is 5.21. The van der Waals surface area contributed by atoms with Gasteiger partial charge in [-0.1, -0.05) is 31.5 Å². The minimum atomic E-state index is -0.320. The van der Waals surface area contributed by atoms with E-state index in [0.717, 1.165) is 18.4 Å². The normalized spacial score (nSPS) is 13.2. The SMILES string of the molecule is CC(C)CC[C@H](N)c1ccc(F)cc1Cl. The Hall–Kier alpha value is -0.600.